The molecule has 1 aliphatic rings. The van der Waals surface area contributed by atoms with Crippen LogP contribution in [0, 0.1) is 0 Å². The van der Waals surface area contributed by atoms with Gasteiger partial charge in [-0.15, -0.1) is 24.0 Å². The molecule has 0 aliphatic carbocycles. The summed E-state index contributed by atoms with van der Waals surface area (Å²) < 4.78 is 0.219. The SMILES string of the molecule is CN=C(NCC(C)(C)SC)NC1CCN(Cc2ccccc2)CC1.I. The van der Waals surface area contributed by atoms with Crippen molar-refractivity contribution in [2.45, 2.75) is 44.0 Å². The second-order valence-corrected chi connectivity index (χ2v) is 8.58. The topological polar surface area (TPSA) is 39.7 Å². The number of likely N-dealkylation sites (tertiary alicyclic amines) is 1. The monoisotopic (exact) mass is 476 g/mol. The van der Waals surface area contributed by atoms with Crippen molar-refractivity contribution in [1.82, 2.24) is 15.5 Å². The molecule has 0 atom stereocenters. The van der Waals surface area contributed by atoms with Crippen LogP contribution in [-0.4, -0.2) is 54.6 Å². The third kappa shape index (κ3) is 8.17. The Hall–Kier alpha value is -0.470. The minimum absolute atomic E-state index is 0. The number of rotatable bonds is 6. The molecule has 2 rings (SSSR count). The van der Waals surface area contributed by atoms with E-state index >= 15 is 0 Å². The van der Waals surface area contributed by atoms with Gasteiger partial charge in [-0.3, -0.25) is 9.89 Å². The summed E-state index contributed by atoms with van der Waals surface area (Å²) in [6.45, 7) is 8.75. The molecule has 6 heteroatoms. The summed E-state index contributed by atoms with van der Waals surface area (Å²) >= 11 is 1.87. The van der Waals surface area contributed by atoms with Crippen LogP contribution in [0.15, 0.2) is 35.3 Å². The molecule has 0 unspecified atom stereocenters. The summed E-state index contributed by atoms with van der Waals surface area (Å²) in [7, 11) is 1.85. The molecule has 2 N–H and O–H groups in total. The Kier molecular flexibility index (Phi) is 10.2. The average molecular weight is 476 g/mol. The summed E-state index contributed by atoms with van der Waals surface area (Å²) in [5.41, 5.74) is 1.40. The molecule has 1 aliphatic heterocycles. The Morgan fingerprint density at radius 1 is 1.24 bits per heavy atom. The lowest BCUT2D eigenvalue weighted by atomic mass is 10.0. The van der Waals surface area contributed by atoms with Crippen molar-refractivity contribution in [2.24, 2.45) is 4.99 Å². The van der Waals surface area contributed by atoms with Gasteiger partial charge in [0.1, 0.15) is 0 Å². The van der Waals surface area contributed by atoms with Crippen molar-refractivity contribution >= 4 is 41.7 Å². The molecule has 0 bridgehead atoms. The van der Waals surface area contributed by atoms with Crippen LogP contribution in [0.5, 0.6) is 0 Å². The molecule has 0 amide bonds. The first-order valence-corrected chi connectivity index (χ1v) is 10.0. The molecule has 1 heterocycles. The standard InChI is InChI=1S/C19H32N4S.HI/c1-19(2,24-4)15-21-18(20-3)22-17-10-12-23(13-11-17)14-16-8-6-5-7-9-16;/h5-9,17H,10-15H2,1-4H3,(H2,20,21,22);1H. The van der Waals surface area contributed by atoms with Gasteiger partial charge >= 0.3 is 0 Å². The van der Waals surface area contributed by atoms with Crippen LogP contribution in [0.25, 0.3) is 0 Å². The largest absolute Gasteiger partial charge is 0.355 e. The molecule has 0 spiro atoms. The molecule has 25 heavy (non-hydrogen) atoms. The fourth-order valence-corrected chi connectivity index (χ4v) is 3.05. The molecule has 1 saturated heterocycles. The molecule has 142 valence electrons. The Morgan fingerprint density at radius 2 is 1.88 bits per heavy atom. The molecule has 1 aromatic rings. The number of nitrogens with one attached hydrogen (secondary N) is 2. The number of hydrogen-bond donors (Lipinski definition) is 2. The first-order chi connectivity index (χ1) is 11.5. The fourth-order valence-electron chi connectivity index (χ4n) is 2.83. The summed E-state index contributed by atoms with van der Waals surface area (Å²) in [6.07, 6.45) is 4.49. The van der Waals surface area contributed by atoms with Crippen molar-refractivity contribution in [1.29, 1.82) is 0 Å². The fraction of sp³-hybridized carbons (Fsp3) is 0.632. The van der Waals surface area contributed by atoms with E-state index in [2.05, 4.69) is 71.0 Å². The molecular weight excluding hydrogens is 443 g/mol. The van der Waals surface area contributed by atoms with Crippen LogP contribution < -0.4 is 10.6 Å². The van der Waals surface area contributed by atoms with E-state index in [9.17, 15) is 0 Å². The molecule has 0 aromatic heterocycles. The van der Waals surface area contributed by atoms with E-state index in [-0.39, 0.29) is 28.7 Å². The zero-order valence-corrected chi connectivity index (χ0v) is 19.1. The van der Waals surface area contributed by atoms with Gasteiger partial charge in [-0.25, -0.2) is 0 Å². The van der Waals surface area contributed by atoms with Crippen molar-refractivity contribution in [3.05, 3.63) is 35.9 Å². The predicted octanol–water partition coefficient (Wildman–Crippen LogP) is 3.58. The molecule has 1 fully saturated rings. The van der Waals surface area contributed by atoms with Crippen LogP contribution in [0.4, 0.5) is 0 Å². The number of thioether (sulfide) groups is 1. The molecule has 0 saturated carbocycles. The maximum absolute atomic E-state index is 4.38. The van der Waals surface area contributed by atoms with E-state index in [4.69, 9.17) is 0 Å². The highest BCUT2D eigenvalue weighted by molar-refractivity contribution is 14.0. The summed E-state index contributed by atoms with van der Waals surface area (Å²) in [5.74, 6) is 0.929. The van der Waals surface area contributed by atoms with Crippen molar-refractivity contribution in [3.8, 4) is 0 Å². The van der Waals surface area contributed by atoms with Gasteiger partial charge < -0.3 is 10.6 Å². The van der Waals surface area contributed by atoms with E-state index in [1.54, 1.807) is 0 Å². The van der Waals surface area contributed by atoms with Crippen molar-refractivity contribution < 1.29 is 0 Å². The Morgan fingerprint density at radius 3 is 2.44 bits per heavy atom. The quantitative estimate of drug-likeness (QED) is 0.374. The summed E-state index contributed by atoms with van der Waals surface area (Å²) in [5, 5.41) is 7.05. The zero-order valence-electron chi connectivity index (χ0n) is 15.9. The number of aliphatic imine (C=N–C) groups is 1. The van der Waals surface area contributed by atoms with Gasteiger partial charge in [-0.05, 0) is 38.5 Å². The van der Waals surface area contributed by atoms with Gasteiger partial charge in [-0.2, -0.15) is 11.8 Å². The highest BCUT2D eigenvalue weighted by atomic mass is 127. The number of guanidine groups is 1. The molecule has 0 radical (unpaired) electrons. The number of piperidine rings is 1. The van der Waals surface area contributed by atoms with E-state index < -0.39 is 0 Å². The Labute approximate surface area is 174 Å². The van der Waals surface area contributed by atoms with E-state index in [0.717, 1.165) is 32.1 Å². The van der Waals surface area contributed by atoms with Crippen LogP contribution in [0.3, 0.4) is 0 Å². The first kappa shape index (κ1) is 22.6. The lowest BCUT2D eigenvalue weighted by Crippen LogP contribution is -2.50. The summed E-state index contributed by atoms with van der Waals surface area (Å²) in [6, 6.07) is 11.3. The minimum atomic E-state index is 0. The Balaban J connectivity index is 0.00000312. The second-order valence-electron chi connectivity index (χ2n) is 7.07. The van der Waals surface area contributed by atoms with Gasteiger partial charge in [0.05, 0.1) is 0 Å². The van der Waals surface area contributed by atoms with Gasteiger partial charge in [0.2, 0.25) is 0 Å². The lowest BCUT2D eigenvalue weighted by Gasteiger charge is -2.33. The third-order valence-corrected chi connectivity index (χ3v) is 5.88. The highest BCUT2D eigenvalue weighted by Gasteiger charge is 2.21. The van der Waals surface area contributed by atoms with Crippen LogP contribution in [0.2, 0.25) is 0 Å². The smallest absolute Gasteiger partial charge is 0.191 e. The lowest BCUT2D eigenvalue weighted by molar-refractivity contribution is 0.198. The second kappa shape index (κ2) is 11.3. The third-order valence-electron chi connectivity index (χ3n) is 4.64. The van der Waals surface area contributed by atoms with E-state index in [0.29, 0.717) is 6.04 Å². The van der Waals surface area contributed by atoms with Gasteiger partial charge in [0.15, 0.2) is 5.96 Å². The zero-order chi connectivity index (χ0) is 17.4. The average Bonchev–Trinajstić information content (AvgIpc) is 2.61. The van der Waals surface area contributed by atoms with Gasteiger partial charge in [0, 0.05) is 44.0 Å². The number of benzene rings is 1. The summed E-state index contributed by atoms with van der Waals surface area (Å²) in [4.78, 5) is 6.92. The Bertz CT molecular complexity index is 513. The number of hydrogen-bond acceptors (Lipinski definition) is 3. The minimum Gasteiger partial charge on any atom is -0.355 e. The number of nitrogens with zero attached hydrogens (tertiary/aromatic N) is 2. The van der Waals surface area contributed by atoms with E-state index in [1.165, 1.54) is 18.4 Å². The van der Waals surface area contributed by atoms with Gasteiger partial charge in [-0.1, -0.05) is 30.3 Å². The maximum Gasteiger partial charge on any atom is 0.191 e. The molecule has 1 aromatic carbocycles. The number of halogens is 1. The van der Waals surface area contributed by atoms with Crippen molar-refractivity contribution in [2.75, 3.05) is 32.9 Å². The predicted molar refractivity (Wildman–Crippen MR) is 122 cm³/mol. The van der Waals surface area contributed by atoms with Crippen LogP contribution in [0.1, 0.15) is 32.3 Å². The van der Waals surface area contributed by atoms with E-state index in [1.807, 2.05) is 18.8 Å². The molecule has 4 nitrogen and oxygen atoms in total. The maximum atomic E-state index is 4.38. The first-order valence-electron chi connectivity index (χ1n) is 8.81. The van der Waals surface area contributed by atoms with Gasteiger partial charge in [0.25, 0.3) is 0 Å². The normalized spacial score (nSPS) is 17.0. The highest BCUT2D eigenvalue weighted by Crippen LogP contribution is 2.19. The van der Waals surface area contributed by atoms with Crippen LogP contribution >= 0.6 is 35.7 Å². The molecular formula is C19H33IN4S. The van der Waals surface area contributed by atoms with Crippen LogP contribution in [-0.2, 0) is 6.54 Å². The van der Waals surface area contributed by atoms with Crippen molar-refractivity contribution in [3.63, 3.8) is 0 Å².